The van der Waals surface area contributed by atoms with E-state index >= 15 is 0 Å². The molecule has 110 valence electrons. The summed E-state index contributed by atoms with van der Waals surface area (Å²) in [5.74, 6) is 0.117. The Hall–Kier alpha value is -1.73. The molecule has 0 bridgehead atoms. The van der Waals surface area contributed by atoms with Crippen LogP contribution in [0, 0.1) is 0 Å². The molecule has 1 aliphatic rings. The molecule has 7 nitrogen and oxygen atoms in total. The fourth-order valence-electron chi connectivity index (χ4n) is 2.65. The summed E-state index contributed by atoms with van der Waals surface area (Å²) in [6.45, 7) is 1.61. The molecule has 1 atom stereocenters. The van der Waals surface area contributed by atoms with Gasteiger partial charge < -0.3 is 15.2 Å². The van der Waals surface area contributed by atoms with Crippen molar-refractivity contribution < 1.29 is 14.3 Å². The Labute approximate surface area is 118 Å². The topological polar surface area (TPSA) is 90.6 Å². The number of amides is 1. The number of carbonyl (C=O) groups is 1. The normalized spacial score (nSPS) is 22.9. The van der Waals surface area contributed by atoms with Crippen LogP contribution in [0.15, 0.2) is 12.1 Å². The lowest BCUT2D eigenvalue weighted by Crippen LogP contribution is -2.56. The van der Waals surface area contributed by atoms with Crippen molar-refractivity contribution in [2.24, 2.45) is 5.73 Å². The summed E-state index contributed by atoms with van der Waals surface area (Å²) in [7, 11) is 3.12. The highest BCUT2D eigenvalue weighted by Crippen LogP contribution is 2.30. The summed E-state index contributed by atoms with van der Waals surface area (Å²) in [5, 5.41) is 8.02. The average Bonchev–Trinajstić information content (AvgIpc) is 2.84. The summed E-state index contributed by atoms with van der Waals surface area (Å²) in [4.78, 5) is 13.9. The van der Waals surface area contributed by atoms with Crippen LogP contribution in [0.5, 0.6) is 5.88 Å². The molecule has 0 radical (unpaired) electrons. The van der Waals surface area contributed by atoms with E-state index in [2.05, 4.69) is 10.2 Å². The fourth-order valence-corrected chi connectivity index (χ4v) is 2.65. The van der Waals surface area contributed by atoms with Crippen molar-refractivity contribution >= 4 is 5.91 Å². The summed E-state index contributed by atoms with van der Waals surface area (Å²) in [6.07, 6.45) is 1.62. The second-order valence-electron chi connectivity index (χ2n) is 4.92. The van der Waals surface area contributed by atoms with Gasteiger partial charge in [-0.1, -0.05) is 0 Å². The Kier molecular flexibility index (Phi) is 4.51. The number of methoxy groups -OCH3 is 2. The van der Waals surface area contributed by atoms with Crippen LogP contribution < -0.4 is 10.5 Å². The van der Waals surface area contributed by atoms with E-state index in [1.54, 1.807) is 20.3 Å². The molecule has 1 amide bonds. The second-order valence-corrected chi connectivity index (χ2v) is 4.92. The van der Waals surface area contributed by atoms with E-state index in [4.69, 9.17) is 15.2 Å². The third-order valence-electron chi connectivity index (χ3n) is 3.72. The van der Waals surface area contributed by atoms with E-state index in [0.29, 0.717) is 25.5 Å². The number of rotatable bonds is 6. The number of likely N-dealkylation sites (tertiary alicyclic amines) is 1. The van der Waals surface area contributed by atoms with Gasteiger partial charge in [-0.05, 0) is 25.5 Å². The molecule has 2 rings (SSSR count). The van der Waals surface area contributed by atoms with E-state index in [1.807, 2.05) is 11.0 Å². The molecule has 1 aromatic rings. The zero-order chi connectivity index (χ0) is 14.6. The minimum atomic E-state index is -0.740. The number of carbonyl (C=O) groups excluding carboxylic acids is 1. The first-order chi connectivity index (χ1) is 9.62. The van der Waals surface area contributed by atoms with Gasteiger partial charge in [-0.15, -0.1) is 5.10 Å². The van der Waals surface area contributed by atoms with Gasteiger partial charge in [0.1, 0.15) is 5.54 Å². The highest BCUT2D eigenvalue weighted by molar-refractivity contribution is 5.85. The van der Waals surface area contributed by atoms with E-state index in [-0.39, 0.29) is 5.91 Å². The maximum absolute atomic E-state index is 11.9. The third-order valence-corrected chi connectivity index (χ3v) is 3.72. The lowest BCUT2D eigenvalue weighted by atomic mass is 9.96. The van der Waals surface area contributed by atoms with Gasteiger partial charge >= 0.3 is 0 Å². The van der Waals surface area contributed by atoms with E-state index in [1.165, 1.54) is 0 Å². The molecular weight excluding hydrogens is 260 g/mol. The maximum atomic E-state index is 11.9. The number of primary amides is 1. The lowest BCUT2D eigenvalue weighted by Gasteiger charge is -2.34. The van der Waals surface area contributed by atoms with Gasteiger partial charge in [0.15, 0.2) is 0 Å². The zero-order valence-corrected chi connectivity index (χ0v) is 11.8. The van der Waals surface area contributed by atoms with Crippen molar-refractivity contribution in [3.05, 3.63) is 17.8 Å². The number of ether oxygens (including phenoxy) is 2. The first-order valence-electron chi connectivity index (χ1n) is 6.53. The minimum Gasteiger partial charge on any atom is -0.480 e. The largest absolute Gasteiger partial charge is 0.480 e. The summed E-state index contributed by atoms with van der Waals surface area (Å²) in [6, 6.07) is 3.59. The van der Waals surface area contributed by atoms with Crippen LogP contribution in [0.25, 0.3) is 0 Å². The molecule has 1 unspecified atom stereocenters. The van der Waals surface area contributed by atoms with Crippen LogP contribution >= 0.6 is 0 Å². The van der Waals surface area contributed by atoms with Crippen LogP contribution in [0.4, 0.5) is 0 Å². The molecule has 1 fully saturated rings. The van der Waals surface area contributed by atoms with Crippen molar-refractivity contribution in [1.82, 2.24) is 15.1 Å². The average molecular weight is 280 g/mol. The molecule has 0 aromatic carbocycles. The van der Waals surface area contributed by atoms with Crippen LogP contribution in [0.3, 0.4) is 0 Å². The van der Waals surface area contributed by atoms with E-state index < -0.39 is 5.54 Å². The van der Waals surface area contributed by atoms with Gasteiger partial charge in [0, 0.05) is 19.7 Å². The SMILES string of the molecule is COCC1(C(N)=O)CCCN1Cc1ccc(OC)nn1. The third kappa shape index (κ3) is 2.73. The number of hydrogen-bond acceptors (Lipinski definition) is 6. The number of nitrogens with zero attached hydrogens (tertiary/aromatic N) is 3. The summed E-state index contributed by atoms with van der Waals surface area (Å²) >= 11 is 0. The second kappa shape index (κ2) is 6.15. The highest BCUT2D eigenvalue weighted by Gasteiger charge is 2.46. The molecular formula is C13H20N4O3. The zero-order valence-electron chi connectivity index (χ0n) is 11.8. The maximum Gasteiger partial charge on any atom is 0.240 e. The van der Waals surface area contributed by atoms with Gasteiger partial charge in [0.05, 0.1) is 19.4 Å². The molecule has 2 heterocycles. The van der Waals surface area contributed by atoms with E-state index in [0.717, 1.165) is 18.7 Å². The highest BCUT2D eigenvalue weighted by atomic mass is 16.5. The van der Waals surface area contributed by atoms with Crippen molar-refractivity contribution in [1.29, 1.82) is 0 Å². The minimum absolute atomic E-state index is 0.298. The smallest absolute Gasteiger partial charge is 0.240 e. The fraction of sp³-hybridized carbons (Fsp3) is 0.615. The van der Waals surface area contributed by atoms with Gasteiger partial charge in [-0.3, -0.25) is 9.69 Å². The van der Waals surface area contributed by atoms with Crippen molar-refractivity contribution in [2.45, 2.75) is 24.9 Å². The van der Waals surface area contributed by atoms with E-state index in [9.17, 15) is 4.79 Å². The molecule has 20 heavy (non-hydrogen) atoms. The Balaban J connectivity index is 2.15. The number of aromatic nitrogens is 2. The van der Waals surface area contributed by atoms with Crippen LogP contribution in [0.2, 0.25) is 0 Å². The Morgan fingerprint density at radius 1 is 1.45 bits per heavy atom. The lowest BCUT2D eigenvalue weighted by molar-refractivity contribution is -0.132. The molecule has 0 spiro atoms. The van der Waals surface area contributed by atoms with Crippen molar-refractivity contribution in [3.63, 3.8) is 0 Å². The predicted octanol–water partition coefficient (Wildman–Crippen LogP) is -0.0485. The van der Waals surface area contributed by atoms with Gasteiger partial charge in [0.25, 0.3) is 0 Å². The molecule has 0 saturated carbocycles. The van der Waals surface area contributed by atoms with Crippen LogP contribution in [-0.4, -0.2) is 53.9 Å². The standard InChI is InChI=1S/C13H20N4O3/c1-19-9-13(12(14)18)6-3-7-17(13)8-10-4-5-11(20-2)16-15-10/h4-5H,3,6-9H2,1-2H3,(H2,14,18). The molecule has 1 aromatic heterocycles. The van der Waals surface area contributed by atoms with Gasteiger partial charge in [0.2, 0.25) is 11.8 Å². The summed E-state index contributed by atoms with van der Waals surface area (Å²) in [5.41, 5.74) is 5.62. The Morgan fingerprint density at radius 3 is 2.80 bits per heavy atom. The van der Waals surface area contributed by atoms with Crippen LogP contribution in [0.1, 0.15) is 18.5 Å². The Morgan fingerprint density at radius 2 is 2.25 bits per heavy atom. The Bertz CT molecular complexity index is 465. The van der Waals surface area contributed by atoms with Gasteiger partial charge in [-0.2, -0.15) is 5.10 Å². The first-order valence-corrected chi connectivity index (χ1v) is 6.53. The first kappa shape index (κ1) is 14.7. The molecule has 1 saturated heterocycles. The number of nitrogens with two attached hydrogens (primary N) is 1. The van der Waals surface area contributed by atoms with Gasteiger partial charge in [-0.25, -0.2) is 0 Å². The molecule has 0 aliphatic carbocycles. The quantitative estimate of drug-likeness (QED) is 0.785. The molecule has 2 N–H and O–H groups in total. The van der Waals surface area contributed by atoms with Crippen LogP contribution in [-0.2, 0) is 16.1 Å². The summed E-state index contributed by atoms with van der Waals surface area (Å²) < 4.78 is 10.2. The molecule has 7 heteroatoms. The monoisotopic (exact) mass is 280 g/mol. The molecule has 1 aliphatic heterocycles. The van der Waals surface area contributed by atoms with Crippen molar-refractivity contribution in [2.75, 3.05) is 27.4 Å². The predicted molar refractivity (Wildman–Crippen MR) is 72.0 cm³/mol. The van der Waals surface area contributed by atoms with Crippen molar-refractivity contribution in [3.8, 4) is 5.88 Å². The number of hydrogen-bond donors (Lipinski definition) is 1.